The number of rotatable bonds is 10. The number of hydrogen-bond acceptors (Lipinski definition) is 10. The number of carbonyl (C=O) groups is 3. The summed E-state index contributed by atoms with van der Waals surface area (Å²) >= 11 is 0. The van der Waals surface area contributed by atoms with Crippen molar-refractivity contribution in [2.45, 2.75) is 42.0 Å². The van der Waals surface area contributed by atoms with E-state index in [0.29, 0.717) is 16.8 Å². The number of hydrogen-bond donors (Lipinski definition) is 5. The molecule has 254 valence electrons. The highest BCUT2D eigenvalue weighted by Gasteiger charge is 2.54. The third-order valence-corrected chi connectivity index (χ3v) is 9.94. The number of aliphatic carboxylic acids is 1. The van der Waals surface area contributed by atoms with Crippen LogP contribution in [-0.2, 0) is 25.1 Å². The molecule has 0 saturated carbocycles. The number of carboxylic acid groups (broad SMARTS) is 1. The fourth-order valence-electron chi connectivity index (χ4n) is 5.86. The third kappa shape index (κ3) is 6.69. The quantitative estimate of drug-likeness (QED) is 0.121. The molecule has 0 spiro atoms. The number of halogens is 1. The van der Waals surface area contributed by atoms with Gasteiger partial charge < -0.3 is 39.9 Å². The van der Waals surface area contributed by atoms with Crippen LogP contribution in [-0.4, -0.2) is 89.1 Å². The second-order valence-corrected chi connectivity index (χ2v) is 13.1. The van der Waals surface area contributed by atoms with Gasteiger partial charge in [-0.05, 0) is 65.7 Å². The summed E-state index contributed by atoms with van der Waals surface area (Å²) in [6.45, 7) is 0. The van der Waals surface area contributed by atoms with Gasteiger partial charge in [-0.3, -0.25) is 13.8 Å². The van der Waals surface area contributed by atoms with Crippen LogP contribution >= 0.6 is 0 Å². The number of nitrogens with zero attached hydrogens (tertiary/aromatic N) is 1. The van der Waals surface area contributed by atoms with Gasteiger partial charge in [0.1, 0.15) is 40.9 Å². The molecule has 14 heteroatoms. The zero-order valence-corrected chi connectivity index (χ0v) is 26.2. The number of ketones is 1. The number of anilines is 1. The second-order valence-electron chi connectivity index (χ2n) is 11.5. The minimum Gasteiger partial charge on any atom is -0.508 e. The molecule has 2 saturated heterocycles. The van der Waals surface area contributed by atoms with Crippen LogP contribution in [0.1, 0.15) is 22.0 Å². The Morgan fingerprint density at radius 2 is 1.55 bits per heavy atom. The van der Waals surface area contributed by atoms with E-state index in [2.05, 4.69) is 0 Å². The highest BCUT2D eigenvalue weighted by Crippen LogP contribution is 2.46. The molecule has 0 bridgehead atoms. The number of carboxylic acids is 1. The summed E-state index contributed by atoms with van der Waals surface area (Å²) < 4.78 is 38.7. The Kier molecular flexibility index (Phi) is 9.59. The Balaban J connectivity index is 1.43. The average Bonchev–Trinajstić information content (AvgIpc) is 3.08. The van der Waals surface area contributed by atoms with Crippen LogP contribution in [0.4, 0.5) is 10.1 Å². The first-order valence-corrected chi connectivity index (χ1v) is 16.4. The van der Waals surface area contributed by atoms with E-state index in [4.69, 9.17) is 9.47 Å². The van der Waals surface area contributed by atoms with Crippen LogP contribution < -0.4 is 9.64 Å². The summed E-state index contributed by atoms with van der Waals surface area (Å²) in [4.78, 5) is 39.9. The van der Waals surface area contributed by atoms with E-state index in [1.54, 1.807) is 54.6 Å². The lowest BCUT2D eigenvalue weighted by Crippen LogP contribution is -2.62. The van der Waals surface area contributed by atoms with E-state index in [-0.39, 0.29) is 22.6 Å². The summed E-state index contributed by atoms with van der Waals surface area (Å²) in [6, 6.07) is 23.0. The Labute approximate surface area is 281 Å². The van der Waals surface area contributed by atoms with Crippen molar-refractivity contribution in [2.75, 3.05) is 10.7 Å². The van der Waals surface area contributed by atoms with Gasteiger partial charge in [-0.2, -0.15) is 0 Å². The third-order valence-electron chi connectivity index (χ3n) is 8.37. The summed E-state index contributed by atoms with van der Waals surface area (Å²) in [5, 5.41) is 49.8. The molecule has 49 heavy (non-hydrogen) atoms. The maximum absolute atomic E-state index is 13.8. The molecule has 0 aromatic heterocycles. The number of benzene rings is 4. The van der Waals surface area contributed by atoms with Crippen LogP contribution in [0.2, 0.25) is 0 Å². The zero-order chi connectivity index (χ0) is 35.0. The summed E-state index contributed by atoms with van der Waals surface area (Å²) in [5.41, 5.74) is 1.75. The van der Waals surface area contributed by atoms with E-state index in [1.807, 2.05) is 0 Å². The van der Waals surface area contributed by atoms with Gasteiger partial charge in [0, 0.05) is 27.6 Å². The Bertz CT molecular complexity index is 1910. The lowest BCUT2D eigenvalue weighted by atomic mass is 9.90. The fraction of sp³-hybridized carbons (Fsp3) is 0.229. The number of amides is 1. The number of Topliss-reactive ketones (excluding diaryl/α,β-unsaturated/α-hetero) is 1. The summed E-state index contributed by atoms with van der Waals surface area (Å²) in [7, 11) is -2.11. The van der Waals surface area contributed by atoms with Crippen molar-refractivity contribution in [3.63, 3.8) is 0 Å². The number of aliphatic hydroxyl groups is 3. The maximum atomic E-state index is 13.8. The topological polar surface area (TPSA) is 191 Å². The van der Waals surface area contributed by atoms with Gasteiger partial charge in [-0.1, -0.05) is 42.5 Å². The van der Waals surface area contributed by atoms with Crippen molar-refractivity contribution in [2.24, 2.45) is 0 Å². The van der Waals surface area contributed by atoms with Gasteiger partial charge in [0.2, 0.25) is 12.2 Å². The predicted molar refractivity (Wildman–Crippen MR) is 173 cm³/mol. The highest BCUT2D eigenvalue weighted by atomic mass is 32.2. The molecule has 4 unspecified atom stereocenters. The fourth-order valence-corrected chi connectivity index (χ4v) is 7.35. The first-order valence-electron chi connectivity index (χ1n) is 15.0. The first kappa shape index (κ1) is 33.9. The zero-order valence-electron chi connectivity index (χ0n) is 25.4. The van der Waals surface area contributed by atoms with E-state index >= 15 is 0 Å². The normalized spacial score (nSPS) is 25.7. The molecule has 12 nitrogen and oxygen atoms in total. The van der Waals surface area contributed by atoms with E-state index in [1.165, 1.54) is 35.2 Å². The van der Waals surface area contributed by atoms with Crippen LogP contribution in [0, 0.1) is 5.82 Å². The van der Waals surface area contributed by atoms with Gasteiger partial charge in [-0.15, -0.1) is 0 Å². The Morgan fingerprint density at radius 3 is 2.22 bits per heavy atom. The number of ether oxygens (including phenoxy) is 2. The molecular weight excluding hydrogens is 661 g/mol. The van der Waals surface area contributed by atoms with Crippen molar-refractivity contribution in [1.82, 2.24) is 0 Å². The van der Waals surface area contributed by atoms with Crippen molar-refractivity contribution in [3.05, 3.63) is 114 Å². The smallest absolute Gasteiger partial charge is 0.335 e. The molecule has 4 aromatic rings. The van der Waals surface area contributed by atoms with Gasteiger partial charge in [-0.25, -0.2) is 9.18 Å². The minimum absolute atomic E-state index is 0.0439. The number of β-lactam (4-membered cyclic amide) rings is 1. The highest BCUT2D eigenvalue weighted by molar-refractivity contribution is 7.87. The average molecular weight is 692 g/mol. The van der Waals surface area contributed by atoms with Crippen LogP contribution in [0.15, 0.2) is 97.1 Å². The largest absolute Gasteiger partial charge is 0.508 e. The van der Waals surface area contributed by atoms with E-state index in [0.717, 1.165) is 12.1 Å². The molecule has 2 aliphatic rings. The molecule has 2 aliphatic heterocycles. The molecule has 8 atom stereocenters. The minimum atomic E-state index is -2.11. The van der Waals surface area contributed by atoms with Crippen molar-refractivity contribution < 1.29 is 58.0 Å². The molecule has 0 radical (unpaired) electrons. The molecule has 1 amide bonds. The number of aliphatic hydroxyl groups excluding tert-OH is 3. The van der Waals surface area contributed by atoms with E-state index < -0.39 is 82.0 Å². The molecule has 4 aromatic carbocycles. The van der Waals surface area contributed by atoms with Crippen LogP contribution in [0.25, 0.3) is 11.1 Å². The van der Waals surface area contributed by atoms with Gasteiger partial charge >= 0.3 is 5.97 Å². The SMILES string of the molecule is O=C(CS(=O)[C@H]1C(=O)N(c2ccccc2)[C@@H]1c1ccc(-c2cccc(O)c2)cc1O[C@@H]1OC(C(=O)O)C(O)[C@H](O)C1O)c1ccc(F)cc1. The number of phenolic OH excluding ortho intramolecular Hbond substituents is 1. The van der Waals surface area contributed by atoms with Crippen molar-refractivity contribution in [1.29, 1.82) is 0 Å². The lowest BCUT2D eigenvalue weighted by Gasteiger charge is -2.47. The van der Waals surface area contributed by atoms with Crippen molar-refractivity contribution in [3.8, 4) is 22.6 Å². The number of para-hydroxylation sites is 1. The standard InChI is InChI=1S/C35H30FNO11S/c36-21-12-9-18(10-13-21)25(39)17-49(46)32-27(37(33(32)43)22-6-2-1-3-7-22)24-14-11-20(19-5-4-8-23(38)15-19)16-26(24)47-35-30(42)28(40)29(41)31(48-35)34(44)45/h1-16,27-32,35,38,40-42H,17H2,(H,44,45)/t27-,28+,29?,30?,31?,32-,35-,49?/m1/s1. The summed E-state index contributed by atoms with van der Waals surface area (Å²) in [6.07, 6.45) is -9.67. The molecule has 2 fully saturated rings. The van der Waals surface area contributed by atoms with E-state index in [9.17, 15) is 48.5 Å². The predicted octanol–water partition coefficient (Wildman–Crippen LogP) is 2.56. The summed E-state index contributed by atoms with van der Waals surface area (Å²) in [5.74, 6) is -4.01. The first-order chi connectivity index (χ1) is 23.4. The number of carbonyl (C=O) groups excluding carboxylic acids is 2. The molecular formula is C35H30FNO11S. The molecule has 2 heterocycles. The number of phenols is 1. The van der Waals surface area contributed by atoms with Crippen molar-refractivity contribution >= 4 is 34.1 Å². The second kappa shape index (κ2) is 13.9. The molecule has 5 N–H and O–H groups in total. The monoisotopic (exact) mass is 691 g/mol. The lowest BCUT2D eigenvalue weighted by molar-refractivity contribution is -0.271. The van der Waals surface area contributed by atoms with Gasteiger partial charge in [0.15, 0.2) is 11.9 Å². The van der Waals surface area contributed by atoms with Gasteiger partial charge in [0.05, 0.1) is 11.8 Å². The Morgan fingerprint density at radius 1 is 0.857 bits per heavy atom. The van der Waals surface area contributed by atoms with Crippen LogP contribution in [0.5, 0.6) is 11.5 Å². The molecule has 6 rings (SSSR count). The Hall–Kier alpha value is -4.99. The van der Waals surface area contributed by atoms with Gasteiger partial charge in [0.25, 0.3) is 0 Å². The number of aromatic hydroxyl groups is 1. The maximum Gasteiger partial charge on any atom is 0.335 e. The van der Waals surface area contributed by atoms with Crippen LogP contribution in [0.3, 0.4) is 0 Å². The molecule has 0 aliphatic carbocycles.